The zero-order valence-corrected chi connectivity index (χ0v) is 15.0. The molecule has 1 aliphatic rings. The number of alkyl halides is 3. The fourth-order valence-corrected chi connectivity index (χ4v) is 3.82. The molecule has 0 spiro atoms. The van der Waals surface area contributed by atoms with Crippen LogP contribution in [0.25, 0.3) is 22.0 Å². The number of aromatic nitrogens is 1. The Morgan fingerprint density at radius 2 is 1.67 bits per heavy atom. The minimum Gasteiger partial charge on any atom is -0.488 e. The van der Waals surface area contributed by atoms with E-state index in [1.807, 2.05) is 30.3 Å². The number of aryl methyl sites for hydroxylation is 1. The maximum atomic E-state index is 13.5. The van der Waals surface area contributed by atoms with Gasteiger partial charge in [-0.1, -0.05) is 42.5 Å². The zero-order chi connectivity index (χ0) is 19.0. The van der Waals surface area contributed by atoms with Crippen molar-refractivity contribution in [2.45, 2.75) is 44.9 Å². The summed E-state index contributed by atoms with van der Waals surface area (Å²) < 4.78 is 46.9. The second-order valence-electron chi connectivity index (χ2n) is 6.99. The van der Waals surface area contributed by atoms with Gasteiger partial charge in [-0.25, -0.2) is 4.98 Å². The number of ether oxygens (including phenoxy) is 1. The van der Waals surface area contributed by atoms with Crippen LogP contribution in [0.15, 0.2) is 48.5 Å². The predicted molar refractivity (Wildman–Crippen MR) is 99.8 cm³/mol. The Morgan fingerprint density at radius 3 is 2.33 bits per heavy atom. The fraction of sp³-hybridized carbons (Fsp3) is 0.318. The molecule has 140 valence electrons. The lowest BCUT2D eigenvalue weighted by Gasteiger charge is -2.21. The van der Waals surface area contributed by atoms with E-state index in [0.717, 1.165) is 37.3 Å². The topological polar surface area (TPSA) is 22.1 Å². The van der Waals surface area contributed by atoms with E-state index in [-0.39, 0.29) is 11.6 Å². The van der Waals surface area contributed by atoms with Gasteiger partial charge in [-0.05, 0) is 44.2 Å². The molecule has 0 bridgehead atoms. The molecule has 1 heterocycles. The standard InChI is InChI=1S/C22H20F3NO/c1-14-21(27-16-10-5-6-11-16)19(15-8-3-2-4-9-15)17-12-7-13-18(20(17)26-14)22(23,24)25/h2-4,7-9,12-13,16H,5-6,10-11H2,1H3. The molecule has 4 rings (SSSR count). The molecule has 0 aliphatic heterocycles. The number of pyridine rings is 1. The van der Waals surface area contributed by atoms with Crippen molar-refractivity contribution >= 4 is 10.9 Å². The number of nitrogens with zero attached hydrogens (tertiary/aromatic N) is 1. The molecule has 0 radical (unpaired) electrons. The normalized spacial score (nSPS) is 15.4. The van der Waals surface area contributed by atoms with Gasteiger partial charge in [0.05, 0.1) is 22.9 Å². The molecule has 5 heteroatoms. The van der Waals surface area contributed by atoms with Gasteiger partial charge in [-0.2, -0.15) is 13.2 Å². The van der Waals surface area contributed by atoms with Crippen molar-refractivity contribution in [2.75, 3.05) is 0 Å². The maximum absolute atomic E-state index is 13.5. The summed E-state index contributed by atoms with van der Waals surface area (Å²) in [6.07, 6.45) is -0.201. The lowest BCUT2D eigenvalue weighted by Crippen LogP contribution is -2.14. The number of fused-ring (bicyclic) bond motifs is 1. The van der Waals surface area contributed by atoms with Crippen molar-refractivity contribution in [3.63, 3.8) is 0 Å². The van der Waals surface area contributed by atoms with Gasteiger partial charge in [0.1, 0.15) is 5.75 Å². The number of benzene rings is 2. The Balaban J connectivity index is 2.00. The van der Waals surface area contributed by atoms with Crippen LogP contribution < -0.4 is 4.74 Å². The molecule has 1 aliphatic carbocycles. The monoisotopic (exact) mass is 371 g/mol. The van der Waals surface area contributed by atoms with Crippen LogP contribution in [0.1, 0.15) is 36.9 Å². The highest BCUT2D eigenvalue weighted by molar-refractivity contribution is 5.99. The lowest BCUT2D eigenvalue weighted by molar-refractivity contribution is -0.136. The molecule has 1 saturated carbocycles. The van der Waals surface area contributed by atoms with Crippen molar-refractivity contribution in [2.24, 2.45) is 0 Å². The first-order valence-corrected chi connectivity index (χ1v) is 9.18. The number of para-hydroxylation sites is 1. The van der Waals surface area contributed by atoms with E-state index < -0.39 is 11.7 Å². The van der Waals surface area contributed by atoms with Crippen LogP contribution in [0.2, 0.25) is 0 Å². The van der Waals surface area contributed by atoms with Crippen LogP contribution in [-0.2, 0) is 6.18 Å². The summed E-state index contributed by atoms with van der Waals surface area (Å²) in [7, 11) is 0. The average molecular weight is 371 g/mol. The van der Waals surface area contributed by atoms with E-state index in [1.54, 1.807) is 13.0 Å². The molecule has 0 N–H and O–H groups in total. The van der Waals surface area contributed by atoms with Gasteiger partial charge in [0.2, 0.25) is 0 Å². The van der Waals surface area contributed by atoms with Gasteiger partial charge in [-0.3, -0.25) is 0 Å². The van der Waals surface area contributed by atoms with E-state index in [9.17, 15) is 13.2 Å². The highest BCUT2D eigenvalue weighted by atomic mass is 19.4. The molecule has 2 nitrogen and oxygen atoms in total. The molecule has 2 aromatic carbocycles. The Bertz CT molecular complexity index is 961. The van der Waals surface area contributed by atoms with Crippen LogP contribution in [0.4, 0.5) is 13.2 Å². The SMILES string of the molecule is Cc1nc2c(C(F)(F)F)cccc2c(-c2ccccc2)c1OC1CCCC1. The Morgan fingerprint density at radius 1 is 0.963 bits per heavy atom. The Labute approximate surface area is 156 Å². The number of rotatable bonds is 3. The number of hydrogen-bond acceptors (Lipinski definition) is 2. The summed E-state index contributed by atoms with van der Waals surface area (Å²) >= 11 is 0. The lowest BCUT2D eigenvalue weighted by atomic mass is 9.96. The Hall–Kier alpha value is -2.56. The van der Waals surface area contributed by atoms with Crippen LogP contribution in [-0.4, -0.2) is 11.1 Å². The molecule has 1 fully saturated rings. The van der Waals surface area contributed by atoms with Crippen molar-refractivity contribution < 1.29 is 17.9 Å². The molecule has 3 aromatic rings. The third kappa shape index (κ3) is 3.38. The van der Waals surface area contributed by atoms with Crippen LogP contribution in [0.5, 0.6) is 5.75 Å². The van der Waals surface area contributed by atoms with E-state index in [2.05, 4.69) is 4.98 Å². The first-order valence-electron chi connectivity index (χ1n) is 9.18. The molecule has 1 aromatic heterocycles. The smallest absolute Gasteiger partial charge is 0.418 e. The first kappa shape index (κ1) is 17.8. The average Bonchev–Trinajstić information content (AvgIpc) is 3.15. The van der Waals surface area contributed by atoms with Crippen molar-refractivity contribution in [1.29, 1.82) is 0 Å². The molecule has 0 saturated heterocycles. The highest BCUT2D eigenvalue weighted by Crippen LogP contribution is 2.43. The second kappa shape index (κ2) is 6.87. The van der Waals surface area contributed by atoms with E-state index >= 15 is 0 Å². The quantitative estimate of drug-likeness (QED) is 0.521. The third-order valence-electron chi connectivity index (χ3n) is 5.10. The van der Waals surface area contributed by atoms with Crippen LogP contribution >= 0.6 is 0 Å². The van der Waals surface area contributed by atoms with Gasteiger partial charge < -0.3 is 4.74 Å². The van der Waals surface area contributed by atoms with Gasteiger partial charge in [-0.15, -0.1) is 0 Å². The van der Waals surface area contributed by atoms with Gasteiger partial charge in [0, 0.05) is 10.9 Å². The fourth-order valence-electron chi connectivity index (χ4n) is 3.82. The molecule has 0 atom stereocenters. The minimum absolute atomic E-state index is 0.0277. The largest absolute Gasteiger partial charge is 0.488 e. The molecule has 0 unspecified atom stereocenters. The van der Waals surface area contributed by atoms with E-state index in [1.165, 1.54) is 6.07 Å². The molecular weight excluding hydrogens is 351 g/mol. The van der Waals surface area contributed by atoms with Gasteiger partial charge >= 0.3 is 6.18 Å². The molecular formula is C22H20F3NO. The molecule has 0 amide bonds. The third-order valence-corrected chi connectivity index (χ3v) is 5.10. The van der Waals surface area contributed by atoms with Gasteiger partial charge in [0.15, 0.2) is 0 Å². The number of halogens is 3. The van der Waals surface area contributed by atoms with Crippen molar-refractivity contribution in [3.05, 3.63) is 59.8 Å². The first-order chi connectivity index (χ1) is 12.9. The van der Waals surface area contributed by atoms with Crippen LogP contribution in [0, 0.1) is 6.92 Å². The number of hydrogen-bond donors (Lipinski definition) is 0. The zero-order valence-electron chi connectivity index (χ0n) is 15.0. The van der Waals surface area contributed by atoms with Crippen molar-refractivity contribution in [1.82, 2.24) is 4.98 Å². The molecule has 27 heavy (non-hydrogen) atoms. The van der Waals surface area contributed by atoms with Gasteiger partial charge in [0.25, 0.3) is 0 Å². The minimum atomic E-state index is -4.46. The maximum Gasteiger partial charge on any atom is 0.418 e. The summed E-state index contributed by atoms with van der Waals surface area (Å²) in [6, 6.07) is 13.7. The summed E-state index contributed by atoms with van der Waals surface area (Å²) in [5.74, 6) is 0.597. The summed E-state index contributed by atoms with van der Waals surface area (Å²) in [5, 5.41) is 0.467. The van der Waals surface area contributed by atoms with Crippen molar-refractivity contribution in [3.8, 4) is 16.9 Å². The summed E-state index contributed by atoms with van der Waals surface area (Å²) in [6.45, 7) is 1.73. The predicted octanol–water partition coefficient (Wildman–Crippen LogP) is 6.55. The van der Waals surface area contributed by atoms with Crippen LogP contribution in [0.3, 0.4) is 0 Å². The Kier molecular flexibility index (Phi) is 4.54. The summed E-state index contributed by atoms with van der Waals surface area (Å²) in [5.41, 5.74) is 1.27. The summed E-state index contributed by atoms with van der Waals surface area (Å²) in [4.78, 5) is 4.33. The van der Waals surface area contributed by atoms with E-state index in [0.29, 0.717) is 22.4 Å². The highest BCUT2D eigenvalue weighted by Gasteiger charge is 2.34. The van der Waals surface area contributed by atoms with E-state index in [4.69, 9.17) is 4.74 Å². The second-order valence-corrected chi connectivity index (χ2v) is 6.99.